The Morgan fingerprint density at radius 1 is 1.29 bits per heavy atom. The lowest BCUT2D eigenvalue weighted by Crippen LogP contribution is -2.47. The molecule has 0 aromatic heterocycles. The van der Waals surface area contributed by atoms with Gasteiger partial charge in [0.05, 0.1) is 0 Å². The molecule has 1 fully saturated rings. The molecule has 4 heteroatoms. The maximum Gasteiger partial charge on any atom is 0.326 e. The van der Waals surface area contributed by atoms with Crippen LogP contribution in [0.1, 0.15) is 37.3 Å². The van der Waals surface area contributed by atoms with E-state index in [0.29, 0.717) is 13.0 Å². The highest BCUT2D eigenvalue weighted by Crippen LogP contribution is 2.18. The topological polar surface area (TPSA) is 57.6 Å². The lowest BCUT2D eigenvalue weighted by atomic mass is 10.0. The molecule has 1 saturated heterocycles. The van der Waals surface area contributed by atoms with Crippen molar-refractivity contribution in [3.8, 4) is 0 Å². The fourth-order valence-corrected chi connectivity index (χ4v) is 2.58. The molecule has 21 heavy (non-hydrogen) atoms. The van der Waals surface area contributed by atoms with E-state index in [1.54, 1.807) is 6.08 Å². The molecule has 1 aliphatic heterocycles. The van der Waals surface area contributed by atoms with Crippen molar-refractivity contribution in [2.75, 3.05) is 6.54 Å². The number of hydrogen-bond donors (Lipinski definition) is 1. The Hall–Kier alpha value is -2.10. The van der Waals surface area contributed by atoms with Crippen molar-refractivity contribution in [3.63, 3.8) is 0 Å². The highest BCUT2D eigenvalue weighted by Gasteiger charge is 2.30. The number of likely N-dealkylation sites (tertiary alicyclic amines) is 1. The van der Waals surface area contributed by atoms with Gasteiger partial charge in [0.15, 0.2) is 0 Å². The largest absolute Gasteiger partial charge is 0.480 e. The van der Waals surface area contributed by atoms with E-state index in [2.05, 4.69) is 6.92 Å². The van der Waals surface area contributed by atoms with E-state index >= 15 is 0 Å². The van der Waals surface area contributed by atoms with Crippen molar-refractivity contribution in [1.29, 1.82) is 0 Å². The van der Waals surface area contributed by atoms with Gasteiger partial charge in [-0.2, -0.15) is 0 Å². The van der Waals surface area contributed by atoms with Crippen LogP contribution in [0, 0.1) is 0 Å². The van der Waals surface area contributed by atoms with E-state index < -0.39 is 12.0 Å². The maximum absolute atomic E-state index is 12.2. The minimum absolute atomic E-state index is 0.221. The summed E-state index contributed by atoms with van der Waals surface area (Å²) in [5.74, 6) is -1.13. The zero-order valence-electron chi connectivity index (χ0n) is 12.3. The average molecular weight is 287 g/mol. The third-order valence-corrected chi connectivity index (χ3v) is 3.88. The number of aliphatic carboxylic acids is 1. The summed E-state index contributed by atoms with van der Waals surface area (Å²) in [7, 11) is 0. The normalized spacial score (nSPS) is 18.9. The predicted octanol–water partition coefficient (Wildman–Crippen LogP) is 2.73. The van der Waals surface area contributed by atoms with Gasteiger partial charge in [0.2, 0.25) is 5.91 Å². The van der Waals surface area contributed by atoms with Crippen molar-refractivity contribution in [1.82, 2.24) is 4.90 Å². The fourth-order valence-electron chi connectivity index (χ4n) is 2.58. The number of piperidine rings is 1. The van der Waals surface area contributed by atoms with E-state index in [-0.39, 0.29) is 5.91 Å². The van der Waals surface area contributed by atoms with Crippen LogP contribution >= 0.6 is 0 Å². The van der Waals surface area contributed by atoms with E-state index in [4.69, 9.17) is 0 Å². The van der Waals surface area contributed by atoms with Crippen molar-refractivity contribution in [2.45, 2.75) is 38.6 Å². The fraction of sp³-hybridized carbons (Fsp3) is 0.412. The van der Waals surface area contributed by atoms with E-state index in [1.165, 1.54) is 16.5 Å². The summed E-state index contributed by atoms with van der Waals surface area (Å²) in [5.41, 5.74) is 2.20. The number of amides is 1. The second-order valence-corrected chi connectivity index (χ2v) is 5.31. The number of aryl methyl sites for hydroxylation is 1. The van der Waals surface area contributed by atoms with Crippen molar-refractivity contribution < 1.29 is 14.7 Å². The molecule has 0 bridgehead atoms. The standard InChI is InChI=1S/C17H21NO3/c1-2-13-6-8-14(9-7-13)10-11-16(19)18-12-4-3-5-15(18)17(20)21/h6-11,15H,2-5,12H2,1H3,(H,20,21)/t15-/m1/s1. The number of benzene rings is 1. The Balaban J connectivity index is 2.04. The molecule has 1 aromatic carbocycles. The molecule has 1 N–H and O–H groups in total. The van der Waals surface area contributed by atoms with E-state index in [0.717, 1.165) is 24.8 Å². The Bertz CT molecular complexity index is 533. The molecule has 2 rings (SSSR count). The van der Waals surface area contributed by atoms with Crippen molar-refractivity contribution in [2.24, 2.45) is 0 Å². The Kier molecular flexibility index (Phi) is 5.14. The second kappa shape index (κ2) is 7.07. The number of carbonyl (C=O) groups is 2. The third-order valence-electron chi connectivity index (χ3n) is 3.88. The summed E-state index contributed by atoms with van der Waals surface area (Å²) in [5, 5.41) is 9.18. The molecule has 1 aliphatic rings. The molecule has 0 saturated carbocycles. The zero-order valence-corrected chi connectivity index (χ0v) is 12.3. The summed E-state index contributed by atoms with van der Waals surface area (Å²) in [4.78, 5) is 24.8. The second-order valence-electron chi connectivity index (χ2n) is 5.31. The molecule has 1 aromatic rings. The van der Waals surface area contributed by atoms with Gasteiger partial charge in [0, 0.05) is 12.6 Å². The minimum atomic E-state index is -0.913. The van der Waals surface area contributed by atoms with Crippen LogP contribution in [0.2, 0.25) is 0 Å². The quantitative estimate of drug-likeness (QED) is 0.866. The van der Waals surface area contributed by atoms with E-state index in [9.17, 15) is 14.7 Å². The third kappa shape index (κ3) is 3.94. The van der Waals surface area contributed by atoms with Crippen LogP contribution < -0.4 is 0 Å². The summed E-state index contributed by atoms with van der Waals surface area (Å²) >= 11 is 0. The van der Waals surface area contributed by atoms with Crippen LogP contribution in [0.15, 0.2) is 30.3 Å². The summed E-state index contributed by atoms with van der Waals surface area (Å²) in [6.45, 7) is 2.62. The molecule has 1 atom stereocenters. The first-order valence-electron chi connectivity index (χ1n) is 7.42. The highest BCUT2D eigenvalue weighted by molar-refractivity contribution is 5.94. The summed E-state index contributed by atoms with van der Waals surface area (Å²) in [6.07, 6.45) is 6.48. The average Bonchev–Trinajstić information content (AvgIpc) is 2.53. The Morgan fingerprint density at radius 3 is 2.62 bits per heavy atom. The van der Waals surface area contributed by atoms with Gasteiger partial charge in [0.1, 0.15) is 6.04 Å². The number of carbonyl (C=O) groups excluding carboxylic acids is 1. The molecule has 112 valence electrons. The first kappa shape index (κ1) is 15.3. The van der Waals surface area contributed by atoms with Gasteiger partial charge in [-0.05, 0) is 42.9 Å². The summed E-state index contributed by atoms with van der Waals surface area (Å²) < 4.78 is 0. The van der Waals surface area contributed by atoms with Crippen LogP contribution in [-0.4, -0.2) is 34.5 Å². The first-order chi connectivity index (χ1) is 10.1. The number of rotatable bonds is 4. The monoisotopic (exact) mass is 287 g/mol. The number of carboxylic acid groups (broad SMARTS) is 1. The SMILES string of the molecule is CCc1ccc(C=CC(=O)N2CCCC[C@@H]2C(=O)O)cc1. The molecule has 1 heterocycles. The van der Waals surface area contributed by atoms with Gasteiger partial charge in [-0.1, -0.05) is 31.2 Å². The zero-order chi connectivity index (χ0) is 15.2. The van der Waals surface area contributed by atoms with Crippen molar-refractivity contribution in [3.05, 3.63) is 41.5 Å². The number of carboxylic acids is 1. The van der Waals surface area contributed by atoms with Gasteiger partial charge >= 0.3 is 5.97 Å². The molecular formula is C17H21NO3. The highest BCUT2D eigenvalue weighted by atomic mass is 16.4. The molecule has 0 spiro atoms. The van der Waals surface area contributed by atoms with Crippen LogP contribution in [0.25, 0.3) is 6.08 Å². The van der Waals surface area contributed by atoms with Gasteiger partial charge < -0.3 is 10.0 Å². The van der Waals surface area contributed by atoms with Gasteiger partial charge in [-0.3, -0.25) is 4.79 Å². The first-order valence-corrected chi connectivity index (χ1v) is 7.42. The predicted molar refractivity (Wildman–Crippen MR) is 81.8 cm³/mol. The van der Waals surface area contributed by atoms with Crippen LogP contribution in [-0.2, 0) is 16.0 Å². The lowest BCUT2D eigenvalue weighted by Gasteiger charge is -2.32. The molecule has 0 radical (unpaired) electrons. The number of nitrogens with zero attached hydrogens (tertiary/aromatic N) is 1. The van der Waals surface area contributed by atoms with Gasteiger partial charge in [-0.25, -0.2) is 4.79 Å². The molecule has 4 nitrogen and oxygen atoms in total. The number of hydrogen-bond acceptors (Lipinski definition) is 2. The Labute approximate surface area is 125 Å². The molecular weight excluding hydrogens is 266 g/mol. The Morgan fingerprint density at radius 2 is 2.00 bits per heavy atom. The lowest BCUT2D eigenvalue weighted by molar-refractivity contribution is -0.150. The maximum atomic E-state index is 12.2. The van der Waals surface area contributed by atoms with Crippen LogP contribution in [0.5, 0.6) is 0 Å². The van der Waals surface area contributed by atoms with Gasteiger partial charge in [0.25, 0.3) is 0 Å². The molecule has 0 aliphatic carbocycles. The smallest absolute Gasteiger partial charge is 0.326 e. The van der Waals surface area contributed by atoms with Gasteiger partial charge in [-0.15, -0.1) is 0 Å². The van der Waals surface area contributed by atoms with Crippen LogP contribution in [0.3, 0.4) is 0 Å². The molecule has 0 unspecified atom stereocenters. The van der Waals surface area contributed by atoms with E-state index in [1.807, 2.05) is 24.3 Å². The summed E-state index contributed by atoms with van der Waals surface area (Å²) in [6, 6.07) is 7.32. The van der Waals surface area contributed by atoms with Crippen LogP contribution in [0.4, 0.5) is 0 Å². The molecule has 1 amide bonds. The van der Waals surface area contributed by atoms with Crippen molar-refractivity contribution >= 4 is 18.0 Å². The minimum Gasteiger partial charge on any atom is -0.480 e.